The second kappa shape index (κ2) is 5.92. The van der Waals surface area contributed by atoms with Gasteiger partial charge >= 0.3 is 0 Å². The van der Waals surface area contributed by atoms with Gasteiger partial charge in [-0.3, -0.25) is 4.90 Å². The summed E-state index contributed by atoms with van der Waals surface area (Å²) in [5.41, 5.74) is 0.947. The van der Waals surface area contributed by atoms with E-state index < -0.39 is 6.10 Å². The molecule has 16 heavy (non-hydrogen) atoms. The molecule has 88 valence electrons. The molecule has 1 atom stereocenters. The molecule has 0 radical (unpaired) electrons. The minimum Gasteiger partial charge on any atom is -0.387 e. The van der Waals surface area contributed by atoms with Crippen LogP contribution in [0.25, 0.3) is 0 Å². The van der Waals surface area contributed by atoms with E-state index in [-0.39, 0.29) is 0 Å². The molecule has 0 aliphatic carbocycles. The van der Waals surface area contributed by atoms with Gasteiger partial charge in [-0.2, -0.15) is 11.8 Å². The lowest BCUT2D eigenvalue weighted by molar-refractivity contribution is 0.119. The average molecular weight is 258 g/mol. The van der Waals surface area contributed by atoms with Gasteiger partial charge in [0.05, 0.1) is 6.10 Å². The predicted molar refractivity (Wildman–Crippen MR) is 70.2 cm³/mol. The maximum atomic E-state index is 10.1. The Morgan fingerprint density at radius 3 is 2.50 bits per heavy atom. The number of halogens is 1. The molecule has 0 spiro atoms. The van der Waals surface area contributed by atoms with E-state index >= 15 is 0 Å². The fraction of sp³-hybridized carbons (Fsp3) is 0.500. The number of benzene rings is 1. The molecule has 1 aromatic carbocycles. The highest BCUT2D eigenvalue weighted by Gasteiger charge is 2.15. The molecule has 1 aromatic rings. The van der Waals surface area contributed by atoms with Crippen LogP contribution in [0, 0.1) is 0 Å². The Morgan fingerprint density at radius 1 is 1.25 bits per heavy atom. The monoisotopic (exact) mass is 257 g/mol. The van der Waals surface area contributed by atoms with Crippen LogP contribution in [0.2, 0.25) is 5.02 Å². The Kier molecular flexibility index (Phi) is 4.53. The van der Waals surface area contributed by atoms with Gasteiger partial charge in [-0.1, -0.05) is 23.7 Å². The molecule has 1 heterocycles. The van der Waals surface area contributed by atoms with E-state index in [2.05, 4.69) is 4.90 Å². The number of rotatable bonds is 3. The summed E-state index contributed by atoms with van der Waals surface area (Å²) in [6.45, 7) is 2.88. The van der Waals surface area contributed by atoms with Crippen LogP contribution in [0.15, 0.2) is 24.3 Å². The molecular formula is C12H16ClNOS. The van der Waals surface area contributed by atoms with E-state index in [1.54, 1.807) is 0 Å². The van der Waals surface area contributed by atoms with Crippen molar-refractivity contribution in [2.45, 2.75) is 6.10 Å². The number of β-amino-alcohol motifs (C(OH)–C–C–N with tert-alkyl or cyclic N) is 1. The van der Waals surface area contributed by atoms with Gasteiger partial charge in [0.25, 0.3) is 0 Å². The van der Waals surface area contributed by atoms with Crippen LogP contribution in [0.4, 0.5) is 0 Å². The molecule has 1 saturated heterocycles. The van der Waals surface area contributed by atoms with Crippen molar-refractivity contribution in [2.24, 2.45) is 0 Å². The van der Waals surface area contributed by atoms with Gasteiger partial charge < -0.3 is 5.11 Å². The van der Waals surface area contributed by atoms with Crippen LogP contribution in [-0.2, 0) is 0 Å². The molecule has 0 saturated carbocycles. The first kappa shape index (κ1) is 12.2. The molecular weight excluding hydrogens is 242 g/mol. The summed E-state index contributed by atoms with van der Waals surface area (Å²) >= 11 is 7.80. The molecule has 1 aliphatic heterocycles. The van der Waals surface area contributed by atoms with Gasteiger partial charge in [0, 0.05) is 36.2 Å². The number of thioether (sulfide) groups is 1. The van der Waals surface area contributed by atoms with Crippen molar-refractivity contribution in [3.8, 4) is 0 Å². The third kappa shape index (κ3) is 3.39. The van der Waals surface area contributed by atoms with Crippen molar-refractivity contribution in [3.63, 3.8) is 0 Å². The maximum absolute atomic E-state index is 10.1. The van der Waals surface area contributed by atoms with Gasteiger partial charge in [-0.15, -0.1) is 0 Å². The maximum Gasteiger partial charge on any atom is 0.0916 e. The molecule has 2 nitrogen and oxygen atoms in total. The van der Waals surface area contributed by atoms with Gasteiger partial charge in [-0.05, 0) is 17.7 Å². The largest absolute Gasteiger partial charge is 0.387 e. The summed E-state index contributed by atoms with van der Waals surface area (Å²) in [5, 5.41) is 10.8. The molecule has 1 N–H and O–H groups in total. The summed E-state index contributed by atoms with van der Waals surface area (Å²) in [5.74, 6) is 2.35. The third-order valence-corrected chi connectivity index (χ3v) is 3.98. The molecule has 0 amide bonds. The van der Waals surface area contributed by atoms with E-state index in [1.165, 1.54) is 11.5 Å². The highest BCUT2D eigenvalue weighted by atomic mass is 35.5. The molecule has 1 fully saturated rings. The van der Waals surface area contributed by atoms with Crippen LogP contribution in [0.5, 0.6) is 0 Å². The Bertz CT molecular complexity index is 324. The lowest BCUT2D eigenvalue weighted by Gasteiger charge is -2.28. The molecule has 1 unspecified atom stereocenters. The van der Waals surface area contributed by atoms with E-state index in [0.29, 0.717) is 5.02 Å². The van der Waals surface area contributed by atoms with Gasteiger partial charge in [0.1, 0.15) is 0 Å². The fourth-order valence-electron chi connectivity index (χ4n) is 1.82. The Balaban J connectivity index is 1.91. The first-order valence-electron chi connectivity index (χ1n) is 5.49. The van der Waals surface area contributed by atoms with Crippen LogP contribution in [-0.4, -0.2) is 41.1 Å². The average Bonchev–Trinajstić information content (AvgIpc) is 2.31. The van der Waals surface area contributed by atoms with E-state index in [9.17, 15) is 5.11 Å². The summed E-state index contributed by atoms with van der Waals surface area (Å²) in [7, 11) is 0. The number of hydrogen-bond acceptors (Lipinski definition) is 3. The number of nitrogens with zero attached hydrogens (tertiary/aromatic N) is 1. The molecule has 2 rings (SSSR count). The minimum atomic E-state index is -0.402. The van der Waals surface area contributed by atoms with Crippen molar-refractivity contribution in [1.82, 2.24) is 4.90 Å². The summed E-state index contributed by atoms with van der Waals surface area (Å²) < 4.78 is 0. The zero-order valence-corrected chi connectivity index (χ0v) is 10.7. The molecule has 1 aliphatic rings. The Morgan fingerprint density at radius 2 is 1.88 bits per heavy atom. The summed E-state index contributed by atoms with van der Waals surface area (Å²) in [6, 6.07) is 7.44. The fourth-order valence-corrected chi connectivity index (χ4v) is 2.92. The predicted octanol–water partition coefficient (Wildman–Crippen LogP) is 2.42. The van der Waals surface area contributed by atoms with Gasteiger partial charge in [-0.25, -0.2) is 0 Å². The smallest absolute Gasteiger partial charge is 0.0916 e. The van der Waals surface area contributed by atoms with Crippen molar-refractivity contribution in [3.05, 3.63) is 34.9 Å². The first-order valence-corrected chi connectivity index (χ1v) is 7.02. The van der Waals surface area contributed by atoms with Crippen LogP contribution >= 0.6 is 23.4 Å². The van der Waals surface area contributed by atoms with Crippen molar-refractivity contribution in [2.75, 3.05) is 31.1 Å². The lowest BCUT2D eigenvalue weighted by atomic mass is 10.1. The highest BCUT2D eigenvalue weighted by Crippen LogP contribution is 2.19. The number of aliphatic hydroxyl groups excluding tert-OH is 1. The standard InChI is InChI=1S/C12H16ClNOS/c13-11-3-1-10(2-4-11)12(15)9-14-5-7-16-8-6-14/h1-4,12,15H,5-9H2. The van der Waals surface area contributed by atoms with Crippen molar-refractivity contribution < 1.29 is 5.11 Å². The third-order valence-electron chi connectivity index (χ3n) is 2.79. The lowest BCUT2D eigenvalue weighted by Crippen LogP contribution is -2.35. The minimum absolute atomic E-state index is 0.402. The summed E-state index contributed by atoms with van der Waals surface area (Å²) in [6.07, 6.45) is -0.402. The van der Waals surface area contributed by atoms with E-state index in [1.807, 2.05) is 36.0 Å². The molecule has 0 bridgehead atoms. The van der Waals surface area contributed by atoms with E-state index in [4.69, 9.17) is 11.6 Å². The topological polar surface area (TPSA) is 23.5 Å². The molecule has 0 aromatic heterocycles. The van der Waals surface area contributed by atoms with Crippen LogP contribution in [0.1, 0.15) is 11.7 Å². The first-order chi connectivity index (χ1) is 7.75. The Hall–Kier alpha value is -0.220. The highest BCUT2D eigenvalue weighted by molar-refractivity contribution is 7.99. The zero-order valence-electron chi connectivity index (χ0n) is 9.10. The summed E-state index contributed by atoms with van der Waals surface area (Å²) in [4.78, 5) is 2.32. The van der Waals surface area contributed by atoms with Crippen molar-refractivity contribution >= 4 is 23.4 Å². The van der Waals surface area contributed by atoms with Crippen LogP contribution < -0.4 is 0 Å². The van der Waals surface area contributed by atoms with Crippen molar-refractivity contribution in [1.29, 1.82) is 0 Å². The van der Waals surface area contributed by atoms with Crippen LogP contribution in [0.3, 0.4) is 0 Å². The zero-order chi connectivity index (χ0) is 11.4. The van der Waals surface area contributed by atoms with Gasteiger partial charge in [0.15, 0.2) is 0 Å². The van der Waals surface area contributed by atoms with Gasteiger partial charge in [0.2, 0.25) is 0 Å². The Labute approximate surface area is 106 Å². The quantitative estimate of drug-likeness (QED) is 0.900. The number of hydrogen-bond donors (Lipinski definition) is 1. The second-order valence-electron chi connectivity index (χ2n) is 3.98. The SMILES string of the molecule is OC(CN1CCSCC1)c1ccc(Cl)cc1. The second-order valence-corrected chi connectivity index (χ2v) is 5.64. The normalized spacial score (nSPS) is 19.6. The number of aliphatic hydroxyl groups is 1. The van der Waals surface area contributed by atoms with E-state index in [0.717, 1.165) is 25.2 Å². The molecule has 4 heteroatoms.